The number of rotatable bonds is 5. The minimum absolute atomic E-state index is 0.334. The highest BCUT2D eigenvalue weighted by atomic mass is 35.5. The number of aliphatic hydroxyl groups is 1. The lowest BCUT2D eigenvalue weighted by atomic mass is 9.90. The first-order valence-electron chi connectivity index (χ1n) is 8.15. The van der Waals surface area contributed by atoms with E-state index in [-0.39, 0.29) is 12.2 Å². The van der Waals surface area contributed by atoms with E-state index in [4.69, 9.17) is 11.6 Å². The van der Waals surface area contributed by atoms with E-state index in [1.54, 1.807) is 31.3 Å². The van der Waals surface area contributed by atoms with Crippen LogP contribution in [0.25, 0.3) is 6.08 Å². The summed E-state index contributed by atoms with van der Waals surface area (Å²) >= 11 is 5.99. The number of allylic oxidation sites excluding steroid dienone is 3. The molecule has 0 saturated carbocycles. The van der Waals surface area contributed by atoms with Crippen LogP contribution < -0.4 is 4.90 Å². The fraction of sp³-hybridized carbons (Fsp3) is 0.143. The molecule has 0 fully saturated rings. The summed E-state index contributed by atoms with van der Waals surface area (Å²) in [7, 11) is 1.57. The molecule has 132 valence electrons. The smallest absolute Gasteiger partial charge is 0.263 e. The third-order valence-corrected chi connectivity index (χ3v) is 4.57. The van der Waals surface area contributed by atoms with Gasteiger partial charge in [0.05, 0.1) is 12.1 Å². The number of hydrogen-bond acceptors (Lipinski definition) is 3. The Hall–Kier alpha value is -2.69. The quantitative estimate of drug-likeness (QED) is 0.647. The van der Waals surface area contributed by atoms with Crippen molar-refractivity contribution in [1.82, 2.24) is 0 Å². The molecule has 0 aliphatic carbocycles. The number of likely N-dealkylation sites (N-methyl/N-ethyl adjacent to an activating group) is 1. The molecule has 1 aliphatic rings. The maximum absolute atomic E-state index is 12.5. The number of nitrogens with zero attached hydrogens (tertiary/aromatic N) is 1. The molecule has 0 radical (unpaired) electrons. The van der Waals surface area contributed by atoms with Gasteiger partial charge in [0.1, 0.15) is 0 Å². The summed E-state index contributed by atoms with van der Waals surface area (Å²) in [5.41, 5.74) is 0.0423. The molecule has 1 aliphatic heterocycles. The van der Waals surface area contributed by atoms with Crippen molar-refractivity contribution < 1.29 is 14.7 Å². The highest BCUT2D eigenvalue weighted by molar-refractivity contribution is 6.31. The Morgan fingerprint density at radius 1 is 1.19 bits per heavy atom. The van der Waals surface area contributed by atoms with Crippen molar-refractivity contribution in [2.45, 2.75) is 12.0 Å². The third-order valence-electron chi connectivity index (χ3n) is 4.34. The number of carbonyl (C=O) groups is 2. The van der Waals surface area contributed by atoms with Gasteiger partial charge in [-0.2, -0.15) is 0 Å². The molecule has 3 rings (SSSR count). The lowest BCUT2D eigenvalue weighted by Crippen LogP contribution is -2.40. The van der Waals surface area contributed by atoms with Crippen molar-refractivity contribution in [3.63, 3.8) is 0 Å². The van der Waals surface area contributed by atoms with Gasteiger partial charge in [0, 0.05) is 17.6 Å². The molecule has 0 unspecified atom stereocenters. The molecule has 1 atom stereocenters. The molecule has 0 spiro atoms. The average Bonchev–Trinajstić information content (AvgIpc) is 2.81. The zero-order valence-electron chi connectivity index (χ0n) is 14.2. The maximum atomic E-state index is 12.5. The second-order valence-electron chi connectivity index (χ2n) is 6.16. The van der Waals surface area contributed by atoms with Gasteiger partial charge in [0.25, 0.3) is 5.91 Å². The maximum Gasteiger partial charge on any atom is 0.263 e. The van der Waals surface area contributed by atoms with Gasteiger partial charge in [-0.25, -0.2) is 0 Å². The van der Waals surface area contributed by atoms with E-state index in [0.717, 1.165) is 5.56 Å². The molecule has 1 amide bonds. The van der Waals surface area contributed by atoms with Crippen molar-refractivity contribution in [2.75, 3.05) is 11.9 Å². The summed E-state index contributed by atoms with van der Waals surface area (Å²) in [5.74, 6) is -0.879. The molecule has 1 heterocycles. The first kappa shape index (κ1) is 18.1. The van der Waals surface area contributed by atoms with Crippen molar-refractivity contribution >= 4 is 35.1 Å². The summed E-state index contributed by atoms with van der Waals surface area (Å²) < 4.78 is 0. The van der Waals surface area contributed by atoms with Gasteiger partial charge < -0.3 is 10.0 Å². The van der Waals surface area contributed by atoms with Gasteiger partial charge >= 0.3 is 0 Å². The highest BCUT2D eigenvalue weighted by Gasteiger charge is 2.49. The van der Waals surface area contributed by atoms with E-state index in [1.165, 1.54) is 17.0 Å². The minimum atomic E-state index is -1.89. The van der Waals surface area contributed by atoms with Crippen LogP contribution in [-0.4, -0.2) is 23.8 Å². The van der Waals surface area contributed by atoms with Crippen molar-refractivity contribution in [1.29, 1.82) is 0 Å². The van der Waals surface area contributed by atoms with E-state index in [1.807, 2.05) is 36.4 Å². The van der Waals surface area contributed by atoms with Crippen LogP contribution in [0.5, 0.6) is 0 Å². The van der Waals surface area contributed by atoms with Gasteiger partial charge in [0.2, 0.25) is 0 Å². The zero-order valence-corrected chi connectivity index (χ0v) is 15.0. The largest absolute Gasteiger partial charge is 0.375 e. The Kier molecular flexibility index (Phi) is 5.07. The summed E-state index contributed by atoms with van der Waals surface area (Å²) in [6, 6.07) is 14.5. The second kappa shape index (κ2) is 7.28. The number of ketones is 1. The molecule has 0 bridgehead atoms. The first-order chi connectivity index (χ1) is 12.4. The van der Waals surface area contributed by atoms with Gasteiger partial charge in [-0.15, -0.1) is 0 Å². The Labute approximate surface area is 157 Å². The van der Waals surface area contributed by atoms with Crippen LogP contribution in [0.1, 0.15) is 17.5 Å². The van der Waals surface area contributed by atoms with Gasteiger partial charge in [-0.05, 0) is 29.8 Å². The van der Waals surface area contributed by atoms with Crippen molar-refractivity contribution in [2.24, 2.45) is 0 Å². The summed E-state index contributed by atoms with van der Waals surface area (Å²) in [6.45, 7) is 0. The standard InChI is InChI=1S/C21H18ClNO3/c1-23-19-12-11-16(22)13-18(19)21(26,20(23)25)14-17(24)10-6-5-9-15-7-3-2-4-8-15/h2-13,26H,14H2,1H3/b9-5+,10-6+/t21-/m0/s1. The second-order valence-corrected chi connectivity index (χ2v) is 6.59. The van der Waals surface area contributed by atoms with E-state index < -0.39 is 11.5 Å². The predicted octanol–water partition coefficient (Wildman–Crippen LogP) is 3.73. The van der Waals surface area contributed by atoms with Crippen LogP contribution in [0.2, 0.25) is 5.02 Å². The summed E-state index contributed by atoms with van der Waals surface area (Å²) in [4.78, 5) is 26.1. The molecule has 2 aromatic rings. The number of hydrogen-bond donors (Lipinski definition) is 1. The van der Waals surface area contributed by atoms with Gasteiger partial charge in [-0.1, -0.05) is 60.2 Å². The fourth-order valence-electron chi connectivity index (χ4n) is 3.01. The molecule has 2 aromatic carbocycles. The van der Waals surface area contributed by atoms with Crippen LogP contribution in [0.4, 0.5) is 5.69 Å². The number of benzene rings is 2. The van der Waals surface area contributed by atoms with Crippen LogP contribution in [0.3, 0.4) is 0 Å². The normalized spacial score (nSPS) is 19.5. The lowest BCUT2D eigenvalue weighted by molar-refractivity contribution is -0.140. The Morgan fingerprint density at radius 2 is 1.92 bits per heavy atom. The Bertz CT molecular complexity index is 905. The van der Waals surface area contributed by atoms with Crippen LogP contribution >= 0.6 is 11.6 Å². The fourth-order valence-corrected chi connectivity index (χ4v) is 3.18. The van der Waals surface area contributed by atoms with E-state index >= 15 is 0 Å². The van der Waals surface area contributed by atoms with E-state index in [2.05, 4.69) is 0 Å². The van der Waals surface area contributed by atoms with Gasteiger partial charge in [0.15, 0.2) is 11.4 Å². The predicted molar refractivity (Wildman–Crippen MR) is 103 cm³/mol. The van der Waals surface area contributed by atoms with Crippen molar-refractivity contribution in [3.8, 4) is 0 Å². The number of amides is 1. The minimum Gasteiger partial charge on any atom is -0.375 e. The SMILES string of the molecule is CN1C(=O)[C@](O)(CC(=O)/C=C/C=C/c2ccccc2)c2cc(Cl)ccc21. The molecular formula is C21H18ClNO3. The molecule has 26 heavy (non-hydrogen) atoms. The molecule has 0 saturated heterocycles. The Balaban J connectivity index is 1.75. The highest BCUT2D eigenvalue weighted by Crippen LogP contribution is 2.42. The number of halogens is 1. The summed E-state index contributed by atoms with van der Waals surface area (Å²) in [5, 5.41) is 11.3. The van der Waals surface area contributed by atoms with E-state index in [9.17, 15) is 14.7 Å². The molecule has 0 aromatic heterocycles. The van der Waals surface area contributed by atoms with Crippen molar-refractivity contribution in [3.05, 3.63) is 82.9 Å². The topological polar surface area (TPSA) is 57.6 Å². The van der Waals surface area contributed by atoms with Crippen LogP contribution in [0.15, 0.2) is 66.8 Å². The first-order valence-corrected chi connectivity index (χ1v) is 8.53. The molecule has 1 N–H and O–H groups in total. The lowest BCUT2D eigenvalue weighted by Gasteiger charge is -2.20. The summed E-state index contributed by atoms with van der Waals surface area (Å²) in [6.07, 6.45) is 6.22. The number of anilines is 1. The average molecular weight is 368 g/mol. The van der Waals surface area contributed by atoms with Gasteiger partial charge in [-0.3, -0.25) is 9.59 Å². The van der Waals surface area contributed by atoms with Crippen LogP contribution in [-0.2, 0) is 15.2 Å². The zero-order chi connectivity index (χ0) is 18.7. The van der Waals surface area contributed by atoms with Crippen LogP contribution in [0, 0.1) is 0 Å². The monoisotopic (exact) mass is 367 g/mol. The van der Waals surface area contributed by atoms with E-state index in [0.29, 0.717) is 16.3 Å². The number of fused-ring (bicyclic) bond motifs is 1. The molecule has 5 heteroatoms. The third kappa shape index (κ3) is 3.47. The molecular weight excluding hydrogens is 350 g/mol. The molecule has 4 nitrogen and oxygen atoms in total. The Morgan fingerprint density at radius 3 is 2.65 bits per heavy atom. The number of carbonyl (C=O) groups excluding carboxylic acids is 2.